The van der Waals surface area contributed by atoms with E-state index in [0.717, 1.165) is 0 Å². The summed E-state index contributed by atoms with van der Waals surface area (Å²) < 4.78 is 4.34. The summed E-state index contributed by atoms with van der Waals surface area (Å²) in [6.07, 6.45) is 1.65. The molecule has 7 heavy (non-hydrogen) atoms. The molecule has 1 rings (SSSR count). The van der Waals surface area contributed by atoms with E-state index in [1.165, 1.54) is 11.3 Å². The van der Waals surface area contributed by atoms with Crippen LogP contribution in [0.4, 0.5) is 0 Å². The van der Waals surface area contributed by atoms with E-state index in [0.29, 0.717) is 5.19 Å². The standard InChI is InChI=1S/C3H2NOS2/c6-5-3-4-1-2-7-3/h1-2H. The van der Waals surface area contributed by atoms with Crippen molar-refractivity contribution >= 4 is 24.2 Å². The van der Waals surface area contributed by atoms with Gasteiger partial charge in [0.05, 0.1) is 0 Å². The van der Waals surface area contributed by atoms with Crippen molar-refractivity contribution in [1.29, 1.82) is 0 Å². The van der Waals surface area contributed by atoms with Crippen molar-refractivity contribution < 1.29 is 4.18 Å². The fourth-order valence-corrected chi connectivity index (χ4v) is 0.812. The molecule has 0 aromatic carbocycles. The van der Waals surface area contributed by atoms with E-state index in [1.807, 2.05) is 5.38 Å². The van der Waals surface area contributed by atoms with Crippen LogP contribution in [0, 0.1) is 0 Å². The average molecular weight is 132 g/mol. The van der Waals surface area contributed by atoms with Gasteiger partial charge in [0.1, 0.15) is 0 Å². The van der Waals surface area contributed by atoms with Crippen LogP contribution in [0.2, 0.25) is 0 Å². The van der Waals surface area contributed by atoms with E-state index in [4.69, 9.17) is 0 Å². The summed E-state index contributed by atoms with van der Waals surface area (Å²) in [5, 5.41) is 2.34. The Morgan fingerprint density at radius 3 is 3.00 bits per heavy atom. The SMILES string of the molecule is [S]Oc1nccs1. The Kier molecular flexibility index (Phi) is 1.54. The van der Waals surface area contributed by atoms with Crippen molar-refractivity contribution in [2.75, 3.05) is 0 Å². The highest BCUT2D eigenvalue weighted by Gasteiger charge is 1.87. The number of aromatic nitrogens is 1. The maximum atomic E-state index is 4.34. The van der Waals surface area contributed by atoms with Gasteiger partial charge in [0.2, 0.25) is 0 Å². The molecule has 0 aliphatic rings. The Bertz CT molecular complexity index is 127. The zero-order chi connectivity index (χ0) is 5.11. The number of hydrogen-bond donors (Lipinski definition) is 0. The molecule has 37 valence electrons. The van der Waals surface area contributed by atoms with E-state index in [2.05, 4.69) is 22.1 Å². The highest BCUT2D eigenvalue weighted by molar-refractivity contribution is 7.75. The molecule has 0 aliphatic heterocycles. The van der Waals surface area contributed by atoms with Gasteiger partial charge in [-0.2, -0.15) is 0 Å². The normalized spacial score (nSPS) is 8.71. The molecule has 1 aromatic rings. The van der Waals surface area contributed by atoms with Crippen LogP contribution >= 0.6 is 24.2 Å². The maximum Gasteiger partial charge on any atom is 0.287 e. The molecule has 0 fully saturated rings. The molecule has 0 aliphatic carbocycles. The largest absolute Gasteiger partial charge is 0.381 e. The monoisotopic (exact) mass is 132 g/mol. The van der Waals surface area contributed by atoms with Crippen LogP contribution in [0.25, 0.3) is 0 Å². The van der Waals surface area contributed by atoms with Crippen LogP contribution in [0.15, 0.2) is 11.6 Å². The Labute approximate surface area is 50.8 Å². The third kappa shape index (κ3) is 1.07. The van der Waals surface area contributed by atoms with Crippen molar-refractivity contribution in [2.24, 2.45) is 0 Å². The van der Waals surface area contributed by atoms with Gasteiger partial charge in [0.25, 0.3) is 5.19 Å². The van der Waals surface area contributed by atoms with E-state index in [-0.39, 0.29) is 0 Å². The number of rotatable bonds is 1. The molecule has 0 amide bonds. The van der Waals surface area contributed by atoms with Crippen LogP contribution in [-0.4, -0.2) is 4.98 Å². The van der Waals surface area contributed by atoms with Crippen molar-refractivity contribution in [1.82, 2.24) is 4.98 Å². The summed E-state index contributed by atoms with van der Waals surface area (Å²) >= 11 is 5.61. The van der Waals surface area contributed by atoms with Crippen LogP contribution in [-0.2, 0) is 0 Å². The van der Waals surface area contributed by atoms with Crippen LogP contribution in [0.1, 0.15) is 0 Å². The number of nitrogens with zero attached hydrogens (tertiary/aromatic N) is 1. The first-order chi connectivity index (χ1) is 3.43. The topological polar surface area (TPSA) is 22.1 Å². The summed E-state index contributed by atoms with van der Waals surface area (Å²) in [6.45, 7) is 0. The zero-order valence-electron chi connectivity index (χ0n) is 3.33. The summed E-state index contributed by atoms with van der Waals surface area (Å²) in [5.41, 5.74) is 0. The first-order valence-electron chi connectivity index (χ1n) is 1.63. The lowest BCUT2D eigenvalue weighted by Gasteiger charge is -1.79. The van der Waals surface area contributed by atoms with Gasteiger partial charge in [0, 0.05) is 11.6 Å². The summed E-state index contributed by atoms with van der Waals surface area (Å²) in [5.74, 6) is 0. The highest BCUT2D eigenvalue weighted by atomic mass is 32.1. The Morgan fingerprint density at radius 2 is 2.71 bits per heavy atom. The van der Waals surface area contributed by atoms with Crippen molar-refractivity contribution in [3.8, 4) is 5.19 Å². The van der Waals surface area contributed by atoms with Crippen molar-refractivity contribution in [2.45, 2.75) is 0 Å². The van der Waals surface area contributed by atoms with Crippen molar-refractivity contribution in [3.05, 3.63) is 11.6 Å². The smallest absolute Gasteiger partial charge is 0.287 e. The predicted octanol–water partition coefficient (Wildman–Crippen LogP) is 1.63. The second-order valence-corrected chi connectivity index (χ2v) is 1.91. The Hall–Kier alpha value is -0.220. The second kappa shape index (κ2) is 2.18. The van der Waals surface area contributed by atoms with Gasteiger partial charge in [-0.25, -0.2) is 4.98 Å². The molecule has 0 atom stereocenters. The molecular formula is C3H2NOS2. The molecule has 0 spiro atoms. The number of thiazole rings is 1. The van der Waals surface area contributed by atoms with Crippen LogP contribution < -0.4 is 4.18 Å². The lowest BCUT2D eigenvalue weighted by Crippen LogP contribution is -1.66. The van der Waals surface area contributed by atoms with E-state index in [1.54, 1.807) is 6.20 Å². The van der Waals surface area contributed by atoms with E-state index < -0.39 is 0 Å². The van der Waals surface area contributed by atoms with Gasteiger partial charge in [-0.05, 0) is 0 Å². The third-order valence-corrected chi connectivity index (χ3v) is 1.39. The molecule has 0 N–H and O–H groups in total. The average Bonchev–Trinajstić information content (AvgIpc) is 2.14. The Balaban J connectivity index is 2.76. The fourth-order valence-electron chi connectivity index (χ4n) is 0.252. The fraction of sp³-hybridized carbons (Fsp3) is 0. The van der Waals surface area contributed by atoms with Gasteiger partial charge in [0.15, 0.2) is 12.9 Å². The minimum Gasteiger partial charge on any atom is -0.381 e. The molecule has 4 heteroatoms. The number of hydrogen-bond acceptors (Lipinski definition) is 3. The molecule has 1 radical (unpaired) electrons. The van der Waals surface area contributed by atoms with E-state index in [9.17, 15) is 0 Å². The van der Waals surface area contributed by atoms with Gasteiger partial charge >= 0.3 is 0 Å². The van der Waals surface area contributed by atoms with Gasteiger partial charge in [-0.3, -0.25) is 0 Å². The van der Waals surface area contributed by atoms with Crippen LogP contribution in [0.5, 0.6) is 5.19 Å². The first kappa shape index (κ1) is 4.93. The van der Waals surface area contributed by atoms with Gasteiger partial charge < -0.3 is 4.18 Å². The highest BCUT2D eigenvalue weighted by Crippen LogP contribution is 2.13. The Morgan fingerprint density at radius 1 is 1.86 bits per heavy atom. The summed E-state index contributed by atoms with van der Waals surface area (Å²) in [7, 11) is 0. The quantitative estimate of drug-likeness (QED) is 0.579. The lowest BCUT2D eigenvalue weighted by atomic mass is 11.0. The molecule has 2 nitrogen and oxygen atoms in total. The van der Waals surface area contributed by atoms with Gasteiger partial charge in [-0.15, -0.1) is 0 Å². The van der Waals surface area contributed by atoms with Crippen LogP contribution in [0.3, 0.4) is 0 Å². The molecule has 0 saturated heterocycles. The lowest BCUT2D eigenvalue weighted by molar-refractivity contribution is 0.651. The minimum atomic E-state index is 0.537. The zero-order valence-corrected chi connectivity index (χ0v) is 4.96. The van der Waals surface area contributed by atoms with E-state index >= 15 is 0 Å². The maximum absolute atomic E-state index is 4.34. The minimum absolute atomic E-state index is 0.537. The second-order valence-electron chi connectivity index (χ2n) is 0.881. The predicted molar refractivity (Wildman–Crippen MR) is 30.3 cm³/mol. The molecular weight excluding hydrogens is 130 g/mol. The van der Waals surface area contributed by atoms with Gasteiger partial charge in [-0.1, -0.05) is 11.3 Å². The third-order valence-electron chi connectivity index (χ3n) is 0.481. The summed E-state index contributed by atoms with van der Waals surface area (Å²) in [6, 6.07) is 0. The first-order valence-corrected chi connectivity index (χ1v) is 2.84. The van der Waals surface area contributed by atoms with Crippen molar-refractivity contribution in [3.63, 3.8) is 0 Å². The molecule has 0 saturated carbocycles. The molecule has 0 unspecified atom stereocenters. The summed E-state index contributed by atoms with van der Waals surface area (Å²) in [4.78, 5) is 3.73. The molecule has 0 bridgehead atoms. The molecule has 1 aromatic heterocycles. The molecule has 1 heterocycles.